The number of hydrogen-bond acceptors (Lipinski definition) is 4. The predicted molar refractivity (Wildman–Crippen MR) is 97.3 cm³/mol. The molecule has 2 aromatic rings. The van der Waals surface area contributed by atoms with E-state index in [-0.39, 0.29) is 5.91 Å². The maximum Gasteiger partial charge on any atom is 0.224 e. The van der Waals surface area contributed by atoms with Crippen LogP contribution in [0.15, 0.2) is 24.3 Å². The van der Waals surface area contributed by atoms with E-state index in [1.807, 2.05) is 24.3 Å². The molecular formula is C19H25N5O. The van der Waals surface area contributed by atoms with E-state index in [4.69, 9.17) is 0 Å². The smallest absolute Gasteiger partial charge is 0.224 e. The highest BCUT2D eigenvalue weighted by molar-refractivity contribution is 5.91. The Morgan fingerprint density at radius 3 is 2.84 bits per heavy atom. The topological polar surface area (TPSA) is 82.7 Å². The van der Waals surface area contributed by atoms with Crippen LogP contribution in [-0.2, 0) is 4.79 Å². The Morgan fingerprint density at radius 1 is 1.20 bits per heavy atom. The fraction of sp³-hybridized carbons (Fsp3) is 0.526. The van der Waals surface area contributed by atoms with Crippen molar-refractivity contribution in [3.63, 3.8) is 0 Å². The molecule has 0 bridgehead atoms. The molecule has 2 aliphatic rings. The van der Waals surface area contributed by atoms with Gasteiger partial charge in [0, 0.05) is 23.6 Å². The minimum absolute atomic E-state index is 0.0874. The van der Waals surface area contributed by atoms with Crippen LogP contribution in [0.3, 0.4) is 0 Å². The Hall–Kier alpha value is -2.21. The molecule has 0 spiro atoms. The van der Waals surface area contributed by atoms with Crippen LogP contribution in [0.2, 0.25) is 0 Å². The lowest BCUT2D eigenvalue weighted by Gasteiger charge is -2.22. The van der Waals surface area contributed by atoms with Crippen molar-refractivity contribution < 1.29 is 4.79 Å². The first kappa shape index (κ1) is 16.3. The van der Waals surface area contributed by atoms with E-state index >= 15 is 0 Å². The van der Waals surface area contributed by atoms with Crippen molar-refractivity contribution in [2.24, 2.45) is 5.92 Å². The van der Waals surface area contributed by atoms with E-state index in [1.165, 1.54) is 25.7 Å². The summed E-state index contributed by atoms with van der Waals surface area (Å²) in [5, 5.41) is 13.7. The summed E-state index contributed by atoms with van der Waals surface area (Å²) in [6, 6.07) is 7.78. The Balaban J connectivity index is 1.34. The first-order valence-electron chi connectivity index (χ1n) is 9.31. The summed E-state index contributed by atoms with van der Waals surface area (Å²) < 4.78 is 0. The normalized spacial score (nSPS) is 18.2. The van der Waals surface area contributed by atoms with E-state index < -0.39 is 0 Å². The molecule has 2 fully saturated rings. The molecule has 1 amide bonds. The average molecular weight is 339 g/mol. The summed E-state index contributed by atoms with van der Waals surface area (Å²) in [7, 11) is 0. The maximum absolute atomic E-state index is 12.2. The van der Waals surface area contributed by atoms with Gasteiger partial charge in [0.05, 0.1) is 0 Å². The second-order valence-corrected chi connectivity index (χ2v) is 7.18. The third-order valence-electron chi connectivity index (χ3n) is 5.11. The van der Waals surface area contributed by atoms with Gasteiger partial charge in [-0.05, 0) is 63.2 Å². The van der Waals surface area contributed by atoms with Gasteiger partial charge in [0.25, 0.3) is 0 Å². The molecule has 1 saturated carbocycles. The molecule has 1 aliphatic carbocycles. The molecule has 0 unspecified atom stereocenters. The standard InChI is InChI=1S/C19H25N5O/c25-17(7-4-13-8-10-20-11-9-13)21-16-3-1-2-15(12-16)19-22-18(23-24-19)14-5-6-14/h1-3,12-14,20H,4-11H2,(H,21,25)(H,22,23,24). The molecule has 132 valence electrons. The van der Waals surface area contributed by atoms with Crippen LogP contribution in [0.1, 0.15) is 50.3 Å². The lowest BCUT2D eigenvalue weighted by atomic mass is 9.93. The van der Waals surface area contributed by atoms with Crippen LogP contribution in [0.25, 0.3) is 11.4 Å². The van der Waals surface area contributed by atoms with Gasteiger partial charge in [-0.1, -0.05) is 12.1 Å². The number of anilines is 1. The van der Waals surface area contributed by atoms with Crippen molar-refractivity contribution >= 4 is 11.6 Å². The Labute approximate surface area is 147 Å². The van der Waals surface area contributed by atoms with Crippen molar-refractivity contribution in [1.82, 2.24) is 20.5 Å². The third-order valence-corrected chi connectivity index (χ3v) is 5.11. The number of H-pyrrole nitrogens is 1. The van der Waals surface area contributed by atoms with Crippen molar-refractivity contribution in [2.75, 3.05) is 18.4 Å². The highest BCUT2D eigenvalue weighted by Gasteiger charge is 2.27. The molecule has 1 aromatic carbocycles. The largest absolute Gasteiger partial charge is 0.326 e. The van der Waals surface area contributed by atoms with E-state index in [0.717, 1.165) is 36.6 Å². The zero-order chi connectivity index (χ0) is 17.1. The second-order valence-electron chi connectivity index (χ2n) is 7.18. The molecule has 4 rings (SSSR count). The molecule has 1 aliphatic heterocycles. The third kappa shape index (κ3) is 4.25. The van der Waals surface area contributed by atoms with Gasteiger partial charge in [-0.3, -0.25) is 9.89 Å². The van der Waals surface area contributed by atoms with Gasteiger partial charge in [0.2, 0.25) is 5.91 Å². The SMILES string of the molecule is O=C(CCC1CCNCC1)Nc1cccc(-c2n[nH]c(C3CC3)n2)c1. The Kier molecular flexibility index (Phi) is 4.78. The number of aromatic nitrogens is 3. The summed E-state index contributed by atoms with van der Waals surface area (Å²) in [5.41, 5.74) is 1.74. The van der Waals surface area contributed by atoms with Crippen LogP contribution in [0.4, 0.5) is 5.69 Å². The number of nitrogens with one attached hydrogen (secondary N) is 3. The minimum Gasteiger partial charge on any atom is -0.326 e. The Morgan fingerprint density at radius 2 is 2.04 bits per heavy atom. The van der Waals surface area contributed by atoms with Gasteiger partial charge in [-0.2, -0.15) is 5.10 Å². The number of rotatable bonds is 6. The van der Waals surface area contributed by atoms with Gasteiger partial charge < -0.3 is 10.6 Å². The highest BCUT2D eigenvalue weighted by atomic mass is 16.1. The number of nitrogens with zero attached hydrogens (tertiary/aromatic N) is 2. The van der Waals surface area contributed by atoms with Gasteiger partial charge in [0.1, 0.15) is 5.82 Å². The van der Waals surface area contributed by atoms with Gasteiger partial charge >= 0.3 is 0 Å². The summed E-state index contributed by atoms with van der Waals surface area (Å²) in [6.07, 6.45) is 6.30. The first-order valence-corrected chi connectivity index (χ1v) is 9.31. The van der Waals surface area contributed by atoms with Gasteiger partial charge in [0.15, 0.2) is 5.82 Å². The van der Waals surface area contributed by atoms with E-state index in [1.54, 1.807) is 0 Å². The highest BCUT2D eigenvalue weighted by Crippen LogP contribution is 2.38. The number of piperidine rings is 1. The lowest BCUT2D eigenvalue weighted by molar-refractivity contribution is -0.116. The number of hydrogen-bond donors (Lipinski definition) is 3. The number of carbonyl (C=O) groups excluding carboxylic acids is 1. The number of carbonyl (C=O) groups is 1. The van der Waals surface area contributed by atoms with E-state index in [9.17, 15) is 4.79 Å². The van der Waals surface area contributed by atoms with E-state index in [0.29, 0.717) is 24.1 Å². The lowest BCUT2D eigenvalue weighted by Crippen LogP contribution is -2.28. The van der Waals surface area contributed by atoms with Crippen LogP contribution < -0.4 is 10.6 Å². The first-order chi connectivity index (χ1) is 12.3. The second kappa shape index (κ2) is 7.35. The molecular weight excluding hydrogens is 314 g/mol. The van der Waals surface area contributed by atoms with Crippen molar-refractivity contribution in [3.8, 4) is 11.4 Å². The summed E-state index contributed by atoms with van der Waals surface area (Å²) in [6.45, 7) is 2.15. The van der Waals surface area contributed by atoms with Gasteiger partial charge in [-0.25, -0.2) is 4.98 Å². The van der Waals surface area contributed by atoms with Gasteiger partial charge in [-0.15, -0.1) is 0 Å². The molecule has 2 heterocycles. The van der Waals surface area contributed by atoms with Crippen molar-refractivity contribution in [3.05, 3.63) is 30.1 Å². The minimum atomic E-state index is 0.0874. The monoisotopic (exact) mass is 339 g/mol. The molecule has 1 saturated heterocycles. The quantitative estimate of drug-likeness (QED) is 0.755. The fourth-order valence-corrected chi connectivity index (χ4v) is 3.41. The molecule has 0 radical (unpaired) electrons. The molecule has 25 heavy (non-hydrogen) atoms. The van der Waals surface area contributed by atoms with Crippen molar-refractivity contribution in [1.29, 1.82) is 0 Å². The molecule has 6 nitrogen and oxygen atoms in total. The van der Waals surface area contributed by atoms with Crippen LogP contribution in [0.5, 0.6) is 0 Å². The van der Waals surface area contributed by atoms with Crippen LogP contribution >= 0.6 is 0 Å². The Bertz CT molecular complexity index is 731. The summed E-state index contributed by atoms with van der Waals surface area (Å²) in [5.74, 6) is 3.00. The molecule has 6 heteroatoms. The van der Waals surface area contributed by atoms with Crippen LogP contribution in [-0.4, -0.2) is 34.2 Å². The summed E-state index contributed by atoms with van der Waals surface area (Å²) >= 11 is 0. The molecule has 1 aromatic heterocycles. The predicted octanol–water partition coefficient (Wildman–Crippen LogP) is 3.07. The summed E-state index contributed by atoms with van der Waals surface area (Å²) in [4.78, 5) is 16.8. The average Bonchev–Trinajstić information content (AvgIpc) is 3.38. The number of aromatic amines is 1. The maximum atomic E-state index is 12.2. The molecule has 0 atom stereocenters. The van der Waals surface area contributed by atoms with Crippen molar-refractivity contribution in [2.45, 2.75) is 44.4 Å². The fourth-order valence-electron chi connectivity index (χ4n) is 3.41. The zero-order valence-electron chi connectivity index (χ0n) is 14.4. The number of amides is 1. The zero-order valence-corrected chi connectivity index (χ0v) is 14.4. The number of benzene rings is 1. The molecule has 3 N–H and O–H groups in total. The van der Waals surface area contributed by atoms with E-state index in [2.05, 4.69) is 25.8 Å². The van der Waals surface area contributed by atoms with Crippen LogP contribution in [0, 0.1) is 5.92 Å².